The summed E-state index contributed by atoms with van der Waals surface area (Å²) >= 11 is 6.03. The lowest BCUT2D eigenvalue weighted by atomic mass is 10.1. The normalized spacial score (nSPS) is 12.8. The molecule has 1 rings (SSSR count). The van der Waals surface area contributed by atoms with Gasteiger partial charge >= 0.3 is 0 Å². The van der Waals surface area contributed by atoms with E-state index < -0.39 is 0 Å². The molecule has 0 heterocycles. The van der Waals surface area contributed by atoms with Crippen LogP contribution in [0.4, 0.5) is 0 Å². The van der Waals surface area contributed by atoms with Crippen LogP contribution in [-0.2, 0) is 6.54 Å². The zero-order valence-corrected chi connectivity index (χ0v) is 9.64. The standard InChI is InChI=1S/C12H18ClN/c1-3-10(2)8-14-9-11-6-4-5-7-12(11)13/h4-7,10,14H,3,8-9H2,1-2H3/t10-/m1/s1. The maximum absolute atomic E-state index is 6.03. The van der Waals surface area contributed by atoms with Gasteiger partial charge in [-0.2, -0.15) is 0 Å². The lowest BCUT2D eigenvalue weighted by Gasteiger charge is -2.10. The van der Waals surface area contributed by atoms with Crippen LogP contribution in [0.1, 0.15) is 25.8 Å². The van der Waals surface area contributed by atoms with E-state index in [2.05, 4.69) is 25.2 Å². The SMILES string of the molecule is CC[C@@H](C)CNCc1ccccc1Cl. The zero-order valence-electron chi connectivity index (χ0n) is 8.89. The first-order chi connectivity index (χ1) is 6.74. The molecule has 1 N–H and O–H groups in total. The van der Waals surface area contributed by atoms with Crippen molar-refractivity contribution in [3.8, 4) is 0 Å². The van der Waals surface area contributed by atoms with Crippen molar-refractivity contribution in [3.63, 3.8) is 0 Å². The summed E-state index contributed by atoms with van der Waals surface area (Å²) in [5.74, 6) is 0.734. The van der Waals surface area contributed by atoms with Crippen molar-refractivity contribution in [3.05, 3.63) is 34.9 Å². The van der Waals surface area contributed by atoms with Gasteiger partial charge in [-0.1, -0.05) is 50.1 Å². The van der Waals surface area contributed by atoms with Crippen molar-refractivity contribution in [2.24, 2.45) is 5.92 Å². The summed E-state index contributed by atoms with van der Waals surface area (Å²) in [6.45, 7) is 6.38. The van der Waals surface area contributed by atoms with E-state index in [4.69, 9.17) is 11.6 Å². The zero-order chi connectivity index (χ0) is 10.4. The molecule has 2 heteroatoms. The van der Waals surface area contributed by atoms with Crippen LogP contribution in [0.5, 0.6) is 0 Å². The molecule has 0 spiro atoms. The quantitative estimate of drug-likeness (QED) is 0.787. The Bertz CT molecular complexity index is 273. The minimum absolute atomic E-state index is 0.734. The molecule has 0 saturated carbocycles. The summed E-state index contributed by atoms with van der Waals surface area (Å²) in [6.07, 6.45) is 1.22. The second kappa shape index (κ2) is 6.05. The minimum atomic E-state index is 0.734. The van der Waals surface area contributed by atoms with Gasteiger partial charge in [0.1, 0.15) is 0 Å². The highest BCUT2D eigenvalue weighted by Crippen LogP contribution is 2.14. The minimum Gasteiger partial charge on any atom is -0.312 e. The number of hydrogen-bond donors (Lipinski definition) is 1. The third kappa shape index (κ3) is 3.69. The summed E-state index contributed by atoms with van der Waals surface area (Å²) in [6, 6.07) is 7.97. The van der Waals surface area contributed by atoms with E-state index in [1.54, 1.807) is 0 Å². The molecule has 0 aliphatic heterocycles. The Morgan fingerprint density at radius 2 is 2.07 bits per heavy atom. The molecule has 1 aromatic rings. The number of nitrogens with one attached hydrogen (secondary N) is 1. The smallest absolute Gasteiger partial charge is 0.0450 e. The Labute approximate surface area is 91.5 Å². The second-order valence-electron chi connectivity index (χ2n) is 3.74. The molecule has 78 valence electrons. The first-order valence-electron chi connectivity index (χ1n) is 5.18. The van der Waals surface area contributed by atoms with Crippen molar-refractivity contribution < 1.29 is 0 Å². The monoisotopic (exact) mass is 211 g/mol. The molecule has 0 fully saturated rings. The highest BCUT2D eigenvalue weighted by Gasteiger charge is 2.00. The third-order valence-corrected chi connectivity index (χ3v) is 2.83. The van der Waals surface area contributed by atoms with Gasteiger partial charge in [-0.25, -0.2) is 0 Å². The molecule has 0 saturated heterocycles. The second-order valence-corrected chi connectivity index (χ2v) is 4.14. The van der Waals surface area contributed by atoms with Crippen LogP contribution >= 0.6 is 11.6 Å². The molecule has 0 unspecified atom stereocenters. The number of hydrogen-bond acceptors (Lipinski definition) is 1. The van der Waals surface area contributed by atoms with Crippen LogP contribution in [0.2, 0.25) is 5.02 Å². The van der Waals surface area contributed by atoms with Gasteiger partial charge in [0.05, 0.1) is 0 Å². The van der Waals surface area contributed by atoms with Crippen molar-refractivity contribution in [1.82, 2.24) is 5.32 Å². The Kier molecular flexibility index (Phi) is 4.99. The van der Waals surface area contributed by atoms with Crippen LogP contribution in [-0.4, -0.2) is 6.54 Å². The lowest BCUT2D eigenvalue weighted by molar-refractivity contribution is 0.500. The van der Waals surface area contributed by atoms with Crippen LogP contribution < -0.4 is 5.32 Å². The van der Waals surface area contributed by atoms with Crippen LogP contribution in [0.15, 0.2) is 24.3 Å². The Morgan fingerprint density at radius 3 is 2.71 bits per heavy atom. The predicted octanol–water partition coefficient (Wildman–Crippen LogP) is 3.48. The van der Waals surface area contributed by atoms with Gasteiger partial charge in [0, 0.05) is 11.6 Å². The fraction of sp³-hybridized carbons (Fsp3) is 0.500. The number of halogens is 1. The largest absolute Gasteiger partial charge is 0.312 e. The average Bonchev–Trinajstić information content (AvgIpc) is 2.20. The first kappa shape index (κ1) is 11.5. The Morgan fingerprint density at radius 1 is 1.36 bits per heavy atom. The van der Waals surface area contributed by atoms with Crippen LogP contribution in [0.3, 0.4) is 0 Å². The molecule has 0 amide bonds. The van der Waals surface area contributed by atoms with E-state index in [0.717, 1.165) is 24.0 Å². The average molecular weight is 212 g/mol. The summed E-state index contributed by atoms with van der Waals surface area (Å²) in [4.78, 5) is 0. The molecule has 0 aromatic heterocycles. The molecule has 0 bridgehead atoms. The fourth-order valence-corrected chi connectivity index (χ4v) is 1.44. The molecule has 0 aliphatic rings. The maximum Gasteiger partial charge on any atom is 0.0450 e. The van der Waals surface area contributed by atoms with Gasteiger partial charge in [0.25, 0.3) is 0 Å². The summed E-state index contributed by atoms with van der Waals surface area (Å²) in [5, 5.41) is 4.26. The van der Waals surface area contributed by atoms with E-state index in [-0.39, 0.29) is 0 Å². The van der Waals surface area contributed by atoms with Crippen molar-refractivity contribution >= 4 is 11.6 Å². The third-order valence-electron chi connectivity index (χ3n) is 2.46. The van der Waals surface area contributed by atoms with Gasteiger partial charge in [0.2, 0.25) is 0 Å². The van der Waals surface area contributed by atoms with Gasteiger partial charge < -0.3 is 5.32 Å². The van der Waals surface area contributed by atoms with E-state index in [1.807, 2.05) is 18.2 Å². The van der Waals surface area contributed by atoms with Crippen LogP contribution in [0.25, 0.3) is 0 Å². The van der Waals surface area contributed by atoms with Crippen molar-refractivity contribution in [1.29, 1.82) is 0 Å². The van der Waals surface area contributed by atoms with E-state index in [0.29, 0.717) is 0 Å². The molecular weight excluding hydrogens is 194 g/mol. The summed E-state index contributed by atoms with van der Waals surface area (Å²) in [7, 11) is 0. The molecule has 0 radical (unpaired) electrons. The van der Waals surface area contributed by atoms with Gasteiger partial charge in [-0.3, -0.25) is 0 Å². The molecular formula is C12H18ClN. The van der Waals surface area contributed by atoms with Gasteiger partial charge in [-0.05, 0) is 24.1 Å². The summed E-state index contributed by atoms with van der Waals surface area (Å²) in [5.41, 5.74) is 1.18. The highest BCUT2D eigenvalue weighted by atomic mass is 35.5. The van der Waals surface area contributed by atoms with Crippen LogP contribution in [0, 0.1) is 5.92 Å². The molecule has 1 atom stereocenters. The van der Waals surface area contributed by atoms with Gasteiger partial charge in [0.15, 0.2) is 0 Å². The first-order valence-corrected chi connectivity index (χ1v) is 5.56. The van der Waals surface area contributed by atoms with E-state index >= 15 is 0 Å². The number of benzene rings is 1. The fourth-order valence-electron chi connectivity index (χ4n) is 1.24. The molecule has 14 heavy (non-hydrogen) atoms. The molecule has 1 aromatic carbocycles. The van der Waals surface area contributed by atoms with Crippen molar-refractivity contribution in [2.75, 3.05) is 6.54 Å². The number of rotatable bonds is 5. The summed E-state index contributed by atoms with van der Waals surface area (Å²) < 4.78 is 0. The highest BCUT2D eigenvalue weighted by molar-refractivity contribution is 6.31. The maximum atomic E-state index is 6.03. The molecule has 1 nitrogen and oxygen atoms in total. The Balaban J connectivity index is 2.35. The molecule has 0 aliphatic carbocycles. The van der Waals surface area contributed by atoms with Gasteiger partial charge in [-0.15, -0.1) is 0 Å². The predicted molar refractivity (Wildman–Crippen MR) is 62.6 cm³/mol. The van der Waals surface area contributed by atoms with E-state index in [1.165, 1.54) is 12.0 Å². The van der Waals surface area contributed by atoms with E-state index in [9.17, 15) is 0 Å². The topological polar surface area (TPSA) is 12.0 Å². The van der Waals surface area contributed by atoms with Crippen molar-refractivity contribution in [2.45, 2.75) is 26.8 Å². The lowest BCUT2D eigenvalue weighted by Crippen LogP contribution is -2.20. The Hall–Kier alpha value is -0.530.